The van der Waals surface area contributed by atoms with E-state index in [-0.39, 0.29) is 0 Å². The van der Waals surface area contributed by atoms with E-state index in [1.807, 2.05) is 6.07 Å². The molecule has 0 aliphatic carbocycles. The maximum atomic E-state index is 6.83. The fourth-order valence-electron chi connectivity index (χ4n) is 3.99. The molecule has 0 radical (unpaired) electrons. The van der Waals surface area contributed by atoms with Gasteiger partial charge in [-0.1, -0.05) is 29.3 Å². The first-order valence-electron chi connectivity index (χ1n) is 8.76. The van der Waals surface area contributed by atoms with Gasteiger partial charge >= 0.3 is 0 Å². The van der Waals surface area contributed by atoms with Gasteiger partial charge in [0, 0.05) is 42.7 Å². The molecule has 2 nitrogen and oxygen atoms in total. The summed E-state index contributed by atoms with van der Waals surface area (Å²) in [7, 11) is 4.15. The molecule has 0 unspecified atom stereocenters. The maximum Gasteiger partial charge on any atom is 0.0685 e. The minimum atomic E-state index is 0.778. The van der Waals surface area contributed by atoms with Crippen LogP contribution in [0.25, 0.3) is 21.8 Å². The largest absolute Gasteiger partial charge is 0.347 e. The molecule has 0 atom stereocenters. The van der Waals surface area contributed by atoms with Gasteiger partial charge in [-0.15, -0.1) is 0 Å². The highest BCUT2D eigenvalue weighted by molar-refractivity contribution is 6.36. The zero-order valence-corrected chi connectivity index (χ0v) is 17.3. The van der Waals surface area contributed by atoms with E-state index in [0.29, 0.717) is 0 Å². The van der Waals surface area contributed by atoms with Crippen LogP contribution < -0.4 is 0 Å². The van der Waals surface area contributed by atoms with Crippen molar-refractivity contribution < 1.29 is 0 Å². The lowest BCUT2D eigenvalue weighted by molar-refractivity contribution is 0.879. The number of nitrogens with zero attached hydrogens (tertiary/aromatic N) is 2. The standard InChI is InChI=1S/C22H22Cl2N2/c1-12-6-16-11-17(26(5)21(16)19(23)7-12)10-15-8-13(2)18-9-14(3)25(4)22(18)20(15)24/h6-9,11H,10H2,1-5H3. The molecule has 0 aliphatic rings. The van der Waals surface area contributed by atoms with Gasteiger partial charge < -0.3 is 9.13 Å². The molecule has 134 valence electrons. The van der Waals surface area contributed by atoms with Crippen molar-refractivity contribution in [3.63, 3.8) is 0 Å². The molecule has 2 heterocycles. The van der Waals surface area contributed by atoms with Crippen LogP contribution in [0, 0.1) is 20.8 Å². The average molecular weight is 385 g/mol. The van der Waals surface area contributed by atoms with Gasteiger partial charge in [0.25, 0.3) is 0 Å². The van der Waals surface area contributed by atoms with Gasteiger partial charge in [0.1, 0.15) is 0 Å². The Balaban J connectivity index is 1.89. The summed E-state index contributed by atoms with van der Waals surface area (Å²) < 4.78 is 4.36. The normalized spacial score (nSPS) is 11.8. The number of rotatable bonds is 2. The monoisotopic (exact) mass is 384 g/mol. The second-order valence-electron chi connectivity index (χ2n) is 7.33. The molecule has 4 heteroatoms. The van der Waals surface area contributed by atoms with Crippen LogP contribution in [0.15, 0.2) is 30.3 Å². The van der Waals surface area contributed by atoms with Crippen molar-refractivity contribution in [2.45, 2.75) is 27.2 Å². The highest BCUT2D eigenvalue weighted by atomic mass is 35.5. The molecule has 4 aromatic rings. The van der Waals surface area contributed by atoms with Gasteiger partial charge in [-0.25, -0.2) is 0 Å². The Morgan fingerprint density at radius 2 is 1.58 bits per heavy atom. The highest BCUT2D eigenvalue weighted by Gasteiger charge is 2.16. The molecule has 0 saturated heterocycles. The predicted molar refractivity (Wildman–Crippen MR) is 113 cm³/mol. The van der Waals surface area contributed by atoms with Crippen LogP contribution in [0.2, 0.25) is 10.0 Å². The fraction of sp³-hybridized carbons (Fsp3) is 0.273. The number of benzene rings is 2. The van der Waals surface area contributed by atoms with E-state index < -0.39 is 0 Å². The number of fused-ring (bicyclic) bond motifs is 2. The fourth-order valence-corrected chi connectivity index (χ4v) is 4.75. The summed E-state index contributed by atoms with van der Waals surface area (Å²) in [5.41, 5.74) is 8.21. The van der Waals surface area contributed by atoms with E-state index in [9.17, 15) is 0 Å². The zero-order chi connectivity index (χ0) is 18.7. The minimum absolute atomic E-state index is 0.778. The van der Waals surface area contributed by atoms with Crippen molar-refractivity contribution in [1.82, 2.24) is 9.13 Å². The average Bonchev–Trinajstić information content (AvgIpc) is 3.03. The van der Waals surface area contributed by atoms with Gasteiger partial charge in [-0.3, -0.25) is 0 Å². The quantitative estimate of drug-likeness (QED) is 0.373. The third kappa shape index (κ3) is 2.55. The molecule has 4 rings (SSSR count). The lowest BCUT2D eigenvalue weighted by atomic mass is 10.0. The van der Waals surface area contributed by atoms with Crippen LogP contribution in [-0.2, 0) is 20.5 Å². The molecular formula is C22H22Cl2N2. The minimum Gasteiger partial charge on any atom is -0.347 e. The lowest BCUT2D eigenvalue weighted by Crippen LogP contribution is -2.00. The first kappa shape index (κ1) is 17.5. The van der Waals surface area contributed by atoms with Crippen molar-refractivity contribution in [3.05, 3.63) is 68.5 Å². The number of halogens is 2. The van der Waals surface area contributed by atoms with Gasteiger partial charge in [-0.05, 0) is 61.7 Å². The maximum absolute atomic E-state index is 6.83. The van der Waals surface area contributed by atoms with E-state index >= 15 is 0 Å². The molecule has 2 aromatic heterocycles. The lowest BCUT2D eigenvalue weighted by Gasteiger charge is -2.11. The first-order chi connectivity index (χ1) is 12.3. The molecule has 0 fully saturated rings. The molecule has 0 saturated carbocycles. The molecule has 2 aromatic carbocycles. The van der Waals surface area contributed by atoms with E-state index in [1.54, 1.807) is 0 Å². The number of aromatic nitrogens is 2. The highest BCUT2D eigenvalue weighted by Crippen LogP contribution is 2.35. The first-order valence-corrected chi connectivity index (χ1v) is 9.52. The summed E-state index contributed by atoms with van der Waals surface area (Å²) in [4.78, 5) is 0. The molecule has 0 bridgehead atoms. The Bertz CT molecular complexity index is 1180. The Kier molecular flexibility index (Phi) is 4.09. The number of aryl methyl sites for hydroxylation is 5. The molecule has 0 N–H and O–H groups in total. The van der Waals surface area contributed by atoms with E-state index in [2.05, 4.69) is 68.3 Å². The summed E-state index contributed by atoms with van der Waals surface area (Å²) in [6.07, 6.45) is 0.778. The Hall–Kier alpha value is -1.90. The van der Waals surface area contributed by atoms with Crippen molar-refractivity contribution in [3.8, 4) is 0 Å². The van der Waals surface area contributed by atoms with Gasteiger partial charge in [0.2, 0.25) is 0 Å². The van der Waals surface area contributed by atoms with Gasteiger partial charge in [0.05, 0.1) is 21.1 Å². The third-order valence-corrected chi connectivity index (χ3v) is 6.19. The second kappa shape index (κ2) is 6.07. The van der Waals surface area contributed by atoms with Crippen LogP contribution >= 0.6 is 23.2 Å². The van der Waals surface area contributed by atoms with E-state index in [0.717, 1.165) is 33.1 Å². The van der Waals surface area contributed by atoms with Gasteiger partial charge in [0.15, 0.2) is 0 Å². The topological polar surface area (TPSA) is 9.86 Å². The SMILES string of the molecule is Cc1cc(Cl)c2c(c1)cc(Cc1cc(C)c3cc(C)n(C)c3c1Cl)n2C. The molecule has 0 amide bonds. The van der Waals surface area contributed by atoms with Crippen LogP contribution in [0.1, 0.15) is 28.1 Å². The Morgan fingerprint density at radius 3 is 2.31 bits per heavy atom. The summed E-state index contributed by atoms with van der Waals surface area (Å²) in [6, 6.07) is 10.8. The molecule has 0 spiro atoms. The summed E-state index contributed by atoms with van der Waals surface area (Å²) in [6.45, 7) is 6.34. The predicted octanol–water partition coefficient (Wildman–Crippen LogP) is 6.49. The Labute approximate surface area is 163 Å². The van der Waals surface area contributed by atoms with Crippen LogP contribution in [-0.4, -0.2) is 9.13 Å². The van der Waals surface area contributed by atoms with E-state index in [4.69, 9.17) is 23.2 Å². The number of hydrogen-bond donors (Lipinski definition) is 0. The van der Waals surface area contributed by atoms with E-state index in [1.165, 1.54) is 33.3 Å². The number of hydrogen-bond acceptors (Lipinski definition) is 0. The van der Waals surface area contributed by atoms with Crippen LogP contribution in [0.3, 0.4) is 0 Å². The third-order valence-electron chi connectivity index (χ3n) is 5.48. The van der Waals surface area contributed by atoms with Crippen molar-refractivity contribution in [2.75, 3.05) is 0 Å². The second-order valence-corrected chi connectivity index (χ2v) is 8.11. The zero-order valence-electron chi connectivity index (χ0n) is 15.7. The van der Waals surface area contributed by atoms with Crippen molar-refractivity contribution in [2.24, 2.45) is 14.1 Å². The summed E-state index contributed by atoms with van der Waals surface area (Å²) in [5, 5.41) is 4.05. The van der Waals surface area contributed by atoms with Crippen molar-refractivity contribution >= 4 is 45.0 Å². The van der Waals surface area contributed by atoms with Crippen LogP contribution in [0.4, 0.5) is 0 Å². The smallest absolute Gasteiger partial charge is 0.0685 e. The molecule has 0 aliphatic heterocycles. The van der Waals surface area contributed by atoms with Gasteiger partial charge in [-0.2, -0.15) is 0 Å². The summed E-state index contributed by atoms with van der Waals surface area (Å²) >= 11 is 13.3. The summed E-state index contributed by atoms with van der Waals surface area (Å²) in [5.74, 6) is 0. The molecule has 26 heavy (non-hydrogen) atoms. The van der Waals surface area contributed by atoms with Crippen LogP contribution in [0.5, 0.6) is 0 Å². The Morgan fingerprint density at radius 1 is 0.846 bits per heavy atom. The molecular weight excluding hydrogens is 363 g/mol. The van der Waals surface area contributed by atoms with Crippen molar-refractivity contribution in [1.29, 1.82) is 0 Å².